The van der Waals surface area contributed by atoms with Gasteiger partial charge < -0.3 is 0 Å². The fourth-order valence-electron chi connectivity index (χ4n) is 1.65. The lowest BCUT2D eigenvalue weighted by atomic mass is 10.0. The summed E-state index contributed by atoms with van der Waals surface area (Å²) in [4.78, 5) is 11.2. The highest BCUT2D eigenvalue weighted by molar-refractivity contribution is 6.04. The van der Waals surface area contributed by atoms with E-state index in [-0.39, 0.29) is 11.7 Å². The van der Waals surface area contributed by atoms with E-state index >= 15 is 0 Å². The Morgan fingerprint density at radius 1 is 1.33 bits per heavy atom. The zero-order chi connectivity index (χ0) is 8.72. The number of hydrogen-bond acceptors (Lipinski definition) is 1. The number of carbonyl (C=O) groups is 1. The van der Waals surface area contributed by atoms with Crippen molar-refractivity contribution in [2.75, 3.05) is 0 Å². The predicted molar refractivity (Wildman–Crippen MR) is 44.1 cm³/mol. The van der Waals surface area contributed by atoms with Crippen molar-refractivity contribution in [1.29, 1.82) is 0 Å². The normalized spacial score (nSPS) is 27.3. The molecule has 0 radical (unpaired) electrons. The van der Waals surface area contributed by atoms with Crippen LogP contribution < -0.4 is 0 Å². The minimum absolute atomic E-state index is 0.270. The Kier molecular flexibility index (Phi) is 1.50. The molecule has 0 aliphatic heterocycles. The number of rotatable bonds is 0. The van der Waals surface area contributed by atoms with Crippen LogP contribution in [-0.4, -0.2) is 12.0 Å². The summed E-state index contributed by atoms with van der Waals surface area (Å²) in [5, 5.41) is 0. The zero-order valence-electron chi connectivity index (χ0n) is 6.75. The smallest absolute Gasteiger partial charge is 0.197 e. The Labute approximate surface area is 70.2 Å². The zero-order valence-corrected chi connectivity index (χ0v) is 6.75. The highest BCUT2D eigenvalue weighted by Gasteiger charge is 2.36. The number of halogens is 1. The molecule has 2 unspecified atom stereocenters. The van der Waals surface area contributed by atoms with Gasteiger partial charge in [-0.25, -0.2) is 4.39 Å². The van der Waals surface area contributed by atoms with Crippen molar-refractivity contribution in [1.82, 2.24) is 0 Å². The number of carbonyl (C=O) groups excluding carboxylic acids is 1. The van der Waals surface area contributed by atoms with Crippen LogP contribution in [0.2, 0.25) is 0 Å². The molecular formula is C10H9FO. The third-order valence-corrected chi connectivity index (χ3v) is 2.41. The molecule has 0 saturated carbocycles. The Morgan fingerprint density at radius 2 is 2.00 bits per heavy atom. The van der Waals surface area contributed by atoms with Crippen molar-refractivity contribution >= 4 is 5.78 Å². The van der Waals surface area contributed by atoms with Gasteiger partial charge in [-0.15, -0.1) is 0 Å². The molecule has 62 valence electrons. The summed E-state index contributed by atoms with van der Waals surface area (Å²) in [7, 11) is 0. The standard InChI is InChI=1S/C10H9FO/c1-6-7-4-2-3-5-8(7)10(12)9(6)11/h2-6,9H,1H3. The van der Waals surface area contributed by atoms with Crippen LogP contribution in [-0.2, 0) is 0 Å². The molecular weight excluding hydrogens is 155 g/mol. The van der Waals surface area contributed by atoms with Gasteiger partial charge in [-0.1, -0.05) is 31.2 Å². The van der Waals surface area contributed by atoms with Crippen LogP contribution in [0.15, 0.2) is 24.3 Å². The second kappa shape index (κ2) is 2.41. The second-order valence-electron chi connectivity index (χ2n) is 3.14. The Hall–Kier alpha value is -1.18. The van der Waals surface area contributed by atoms with Crippen molar-refractivity contribution in [2.45, 2.75) is 19.0 Å². The number of fused-ring (bicyclic) bond motifs is 1. The first-order valence-corrected chi connectivity index (χ1v) is 3.99. The minimum atomic E-state index is -1.33. The summed E-state index contributed by atoms with van der Waals surface area (Å²) in [6, 6.07) is 7.10. The molecule has 0 aromatic heterocycles. The maximum atomic E-state index is 13.2. The molecule has 1 nitrogen and oxygen atoms in total. The predicted octanol–water partition coefficient (Wildman–Crippen LogP) is 2.32. The summed E-state index contributed by atoms with van der Waals surface area (Å²) in [6.45, 7) is 1.74. The molecule has 0 spiro atoms. The van der Waals surface area contributed by atoms with Crippen molar-refractivity contribution < 1.29 is 9.18 Å². The molecule has 1 aliphatic carbocycles. The number of benzene rings is 1. The topological polar surface area (TPSA) is 17.1 Å². The van der Waals surface area contributed by atoms with Gasteiger partial charge >= 0.3 is 0 Å². The molecule has 0 heterocycles. The number of Topliss-reactive ketones (excluding diaryl/α,β-unsaturated/α-hetero) is 1. The first-order chi connectivity index (χ1) is 5.72. The van der Waals surface area contributed by atoms with Crippen LogP contribution in [0.1, 0.15) is 28.8 Å². The summed E-state index contributed by atoms with van der Waals surface area (Å²) in [5.74, 6) is -0.633. The van der Waals surface area contributed by atoms with Gasteiger partial charge in [0.2, 0.25) is 0 Å². The highest BCUT2D eigenvalue weighted by atomic mass is 19.1. The SMILES string of the molecule is CC1c2ccccc2C(=O)C1F. The van der Waals surface area contributed by atoms with Gasteiger partial charge in [-0.2, -0.15) is 0 Å². The Bertz CT molecular complexity index is 332. The molecule has 12 heavy (non-hydrogen) atoms. The van der Waals surface area contributed by atoms with Gasteiger partial charge in [0, 0.05) is 11.5 Å². The van der Waals surface area contributed by atoms with E-state index in [9.17, 15) is 9.18 Å². The van der Waals surface area contributed by atoms with Crippen LogP contribution in [0.5, 0.6) is 0 Å². The van der Waals surface area contributed by atoms with E-state index in [1.807, 2.05) is 12.1 Å². The van der Waals surface area contributed by atoms with Crippen LogP contribution in [0, 0.1) is 0 Å². The molecule has 0 bridgehead atoms. The molecule has 0 amide bonds. The molecule has 1 aromatic rings. The fourth-order valence-corrected chi connectivity index (χ4v) is 1.65. The molecule has 1 aliphatic rings. The molecule has 2 atom stereocenters. The molecule has 0 N–H and O–H groups in total. The third kappa shape index (κ3) is 0.809. The highest BCUT2D eigenvalue weighted by Crippen LogP contribution is 2.34. The van der Waals surface area contributed by atoms with Gasteiger partial charge in [0.1, 0.15) is 0 Å². The van der Waals surface area contributed by atoms with Crippen molar-refractivity contribution in [3.05, 3.63) is 35.4 Å². The average Bonchev–Trinajstić information content (AvgIpc) is 2.33. The first kappa shape index (κ1) is 7.47. The maximum Gasteiger partial charge on any atom is 0.197 e. The lowest BCUT2D eigenvalue weighted by molar-refractivity contribution is 0.0883. The fraction of sp³-hybridized carbons (Fsp3) is 0.300. The van der Waals surface area contributed by atoms with Gasteiger partial charge in [-0.3, -0.25) is 4.79 Å². The van der Waals surface area contributed by atoms with Crippen LogP contribution >= 0.6 is 0 Å². The monoisotopic (exact) mass is 164 g/mol. The molecule has 2 heteroatoms. The molecule has 0 saturated heterocycles. The van der Waals surface area contributed by atoms with Crippen LogP contribution in [0.25, 0.3) is 0 Å². The maximum absolute atomic E-state index is 13.2. The van der Waals surface area contributed by atoms with E-state index in [2.05, 4.69) is 0 Å². The number of ketones is 1. The van der Waals surface area contributed by atoms with Crippen LogP contribution in [0.4, 0.5) is 4.39 Å². The van der Waals surface area contributed by atoms with Gasteiger partial charge in [-0.05, 0) is 5.56 Å². The number of alkyl halides is 1. The van der Waals surface area contributed by atoms with E-state index < -0.39 is 6.17 Å². The van der Waals surface area contributed by atoms with E-state index in [1.54, 1.807) is 19.1 Å². The third-order valence-electron chi connectivity index (χ3n) is 2.41. The lowest BCUT2D eigenvalue weighted by Crippen LogP contribution is -2.11. The van der Waals surface area contributed by atoms with E-state index in [4.69, 9.17) is 0 Å². The summed E-state index contributed by atoms with van der Waals surface area (Å²) >= 11 is 0. The van der Waals surface area contributed by atoms with Crippen LogP contribution in [0.3, 0.4) is 0 Å². The number of hydrogen-bond donors (Lipinski definition) is 0. The quantitative estimate of drug-likeness (QED) is 0.575. The van der Waals surface area contributed by atoms with Gasteiger partial charge in [0.15, 0.2) is 12.0 Å². The van der Waals surface area contributed by atoms with E-state index in [0.29, 0.717) is 5.56 Å². The first-order valence-electron chi connectivity index (χ1n) is 3.99. The molecule has 0 fully saturated rings. The van der Waals surface area contributed by atoms with E-state index in [0.717, 1.165) is 5.56 Å². The minimum Gasteiger partial charge on any atom is -0.291 e. The van der Waals surface area contributed by atoms with E-state index in [1.165, 1.54) is 0 Å². The molecule has 1 aromatic carbocycles. The van der Waals surface area contributed by atoms with Crippen molar-refractivity contribution in [2.24, 2.45) is 0 Å². The second-order valence-corrected chi connectivity index (χ2v) is 3.14. The Morgan fingerprint density at radius 3 is 2.67 bits per heavy atom. The largest absolute Gasteiger partial charge is 0.291 e. The summed E-state index contributed by atoms with van der Waals surface area (Å²) in [6.07, 6.45) is -1.33. The van der Waals surface area contributed by atoms with Gasteiger partial charge in [0.05, 0.1) is 0 Å². The average molecular weight is 164 g/mol. The van der Waals surface area contributed by atoms with Crippen molar-refractivity contribution in [3.8, 4) is 0 Å². The summed E-state index contributed by atoms with van der Waals surface area (Å²) < 4.78 is 13.2. The Balaban J connectivity index is 2.59. The van der Waals surface area contributed by atoms with Gasteiger partial charge in [0.25, 0.3) is 0 Å². The van der Waals surface area contributed by atoms with Crippen molar-refractivity contribution in [3.63, 3.8) is 0 Å². The summed E-state index contributed by atoms with van der Waals surface area (Å²) in [5.41, 5.74) is 1.40. The lowest BCUT2D eigenvalue weighted by Gasteiger charge is -2.03. The molecule has 2 rings (SSSR count).